The van der Waals surface area contributed by atoms with Crippen LogP contribution in [0.3, 0.4) is 0 Å². The molecule has 3 heteroatoms. The smallest absolute Gasteiger partial charge is 0.225 e. The standard InChI is InChI=1S/C10H18N2O/c1-8(2)4-5-12-6-9(7-12)10(13)11-3/h4,9H,5-7H2,1-3H3,(H,11,13). The highest BCUT2D eigenvalue weighted by atomic mass is 16.1. The van der Waals surface area contributed by atoms with Gasteiger partial charge in [-0.15, -0.1) is 0 Å². The van der Waals surface area contributed by atoms with Crippen LogP contribution in [0, 0.1) is 5.92 Å². The predicted octanol–water partition coefficient (Wildman–Crippen LogP) is 0.630. The van der Waals surface area contributed by atoms with Crippen LogP contribution in [0.5, 0.6) is 0 Å². The van der Waals surface area contributed by atoms with Gasteiger partial charge in [0, 0.05) is 26.7 Å². The lowest BCUT2D eigenvalue weighted by Gasteiger charge is -2.37. The summed E-state index contributed by atoms with van der Waals surface area (Å²) in [7, 11) is 1.70. The van der Waals surface area contributed by atoms with E-state index in [2.05, 4.69) is 30.1 Å². The number of carbonyl (C=O) groups excluding carboxylic acids is 1. The van der Waals surface area contributed by atoms with E-state index >= 15 is 0 Å². The van der Waals surface area contributed by atoms with E-state index in [9.17, 15) is 4.79 Å². The number of nitrogens with one attached hydrogen (secondary N) is 1. The monoisotopic (exact) mass is 182 g/mol. The third kappa shape index (κ3) is 2.84. The minimum atomic E-state index is 0.174. The van der Waals surface area contributed by atoms with Gasteiger partial charge in [0.25, 0.3) is 0 Å². The van der Waals surface area contributed by atoms with Gasteiger partial charge in [-0.1, -0.05) is 11.6 Å². The molecule has 0 saturated carbocycles. The average Bonchev–Trinajstić information content (AvgIpc) is 2.00. The van der Waals surface area contributed by atoms with Crippen LogP contribution in [0.4, 0.5) is 0 Å². The first-order chi connectivity index (χ1) is 6.13. The summed E-state index contributed by atoms with van der Waals surface area (Å²) < 4.78 is 0. The quantitative estimate of drug-likeness (QED) is 0.649. The second-order valence-electron chi connectivity index (χ2n) is 3.81. The molecule has 1 saturated heterocycles. The number of carbonyl (C=O) groups is 1. The zero-order valence-corrected chi connectivity index (χ0v) is 8.63. The number of allylic oxidation sites excluding steroid dienone is 1. The van der Waals surface area contributed by atoms with Gasteiger partial charge in [-0.25, -0.2) is 0 Å². The fraction of sp³-hybridized carbons (Fsp3) is 0.700. The summed E-state index contributed by atoms with van der Waals surface area (Å²) in [6.45, 7) is 6.98. The van der Waals surface area contributed by atoms with Crippen LogP contribution in [-0.4, -0.2) is 37.5 Å². The summed E-state index contributed by atoms with van der Waals surface area (Å²) in [5.74, 6) is 0.393. The van der Waals surface area contributed by atoms with E-state index < -0.39 is 0 Å². The first-order valence-corrected chi connectivity index (χ1v) is 4.70. The maximum absolute atomic E-state index is 11.1. The first kappa shape index (κ1) is 10.3. The Morgan fingerprint density at radius 1 is 1.54 bits per heavy atom. The molecular formula is C10H18N2O. The normalized spacial score (nSPS) is 17.8. The maximum Gasteiger partial charge on any atom is 0.225 e. The molecule has 3 nitrogen and oxygen atoms in total. The Labute approximate surface area is 79.8 Å². The summed E-state index contributed by atoms with van der Waals surface area (Å²) in [5.41, 5.74) is 1.34. The highest BCUT2D eigenvalue weighted by Gasteiger charge is 2.30. The molecule has 1 amide bonds. The molecule has 0 bridgehead atoms. The molecule has 1 N–H and O–H groups in total. The average molecular weight is 182 g/mol. The molecule has 0 unspecified atom stereocenters. The minimum absolute atomic E-state index is 0.174. The maximum atomic E-state index is 11.1. The van der Waals surface area contributed by atoms with Gasteiger partial charge in [0.15, 0.2) is 0 Å². The molecule has 0 aromatic heterocycles. The number of rotatable bonds is 3. The van der Waals surface area contributed by atoms with Gasteiger partial charge in [-0.05, 0) is 13.8 Å². The highest BCUT2D eigenvalue weighted by Crippen LogP contribution is 2.14. The Hall–Kier alpha value is -0.830. The summed E-state index contributed by atoms with van der Waals surface area (Å²) in [6.07, 6.45) is 2.19. The van der Waals surface area contributed by atoms with Crippen LogP contribution in [-0.2, 0) is 4.79 Å². The predicted molar refractivity (Wildman–Crippen MR) is 53.4 cm³/mol. The molecule has 13 heavy (non-hydrogen) atoms. The molecule has 0 aromatic carbocycles. The molecule has 0 aromatic rings. The van der Waals surface area contributed by atoms with Crippen LogP contribution in [0.1, 0.15) is 13.8 Å². The SMILES string of the molecule is CNC(=O)C1CN(CC=C(C)C)C1. The zero-order chi connectivity index (χ0) is 9.84. The summed E-state index contributed by atoms with van der Waals surface area (Å²) in [5, 5.41) is 2.67. The van der Waals surface area contributed by atoms with Crippen LogP contribution in [0.15, 0.2) is 11.6 Å². The van der Waals surface area contributed by atoms with Crippen LogP contribution in [0.2, 0.25) is 0 Å². The van der Waals surface area contributed by atoms with Crippen molar-refractivity contribution in [3.63, 3.8) is 0 Å². The molecule has 1 aliphatic rings. The Morgan fingerprint density at radius 2 is 2.15 bits per heavy atom. The van der Waals surface area contributed by atoms with Gasteiger partial charge in [-0.2, -0.15) is 0 Å². The van der Waals surface area contributed by atoms with E-state index in [1.165, 1.54) is 5.57 Å². The Kier molecular flexibility index (Phi) is 3.48. The number of amides is 1. The lowest BCUT2D eigenvalue weighted by molar-refractivity contribution is -0.129. The topological polar surface area (TPSA) is 32.3 Å². The molecule has 74 valence electrons. The van der Waals surface area contributed by atoms with Crippen molar-refractivity contribution in [1.82, 2.24) is 10.2 Å². The van der Waals surface area contributed by atoms with Crippen molar-refractivity contribution in [3.05, 3.63) is 11.6 Å². The van der Waals surface area contributed by atoms with E-state index in [0.717, 1.165) is 19.6 Å². The second-order valence-corrected chi connectivity index (χ2v) is 3.81. The van der Waals surface area contributed by atoms with Crippen LogP contribution < -0.4 is 5.32 Å². The number of likely N-dealkylation sites (tertiary alicyclic amines) is 1. The van der Waals surface area contributed by atoms with Crippen molar-refractivity contribution in [3.8, 4) is 0 Å². The number of hydrogen-bond donors (Lipinski definition) is 1. The molecule has 0 aliphatic carbocycles. The minimum Gasteiger partial charge on any atom is -0.359 e. The van der Waals surface area contributed by atoms with Crippen LogP contribution in [0.25, 0.3) is 0 Å². The van der Waals surface area contributed by atoms with Crippen molar-refractivity contribution in [2.75, 3.05) is 26.7 Å². The molecule has 0 atom stereocenters. The third-order valence-electron chi connectivity index (χ3n) is 2.33. The lowest BCUT2D eigenvalue weighted by Crippen LogP contribution is -2.52. The van der Waals surface area contributed by atoms with Gasteiger partial charge in [0.05, 0.1) is 5.92 Å². The van der Waals surface area contributed by atoms with E-state index in [1.54, 1.807) is 7.05 Å². The van der Waals surface area contributed by atoms with Gasteiger partial charge in [0.2, 0.25) is 5.91 Å². The van der Waals surface area contributed by atoms with E-state index in [0.29, 0.717) is 0 Å². The summed E-state index contributed by atoms with van der Waals surface area (Å²) in [4.78, 5) is 13.4. The highest BCUT2D eigenvalue weighted by molar-refractivity contribution is 5.79. The van der Waals surface area contributed by atoms with Crippen molar-refractivity contribution < 1.29 is 4.79 Å². The van der Waals surface area contributed by atoms with E-state index in [-0.39, 0.29) is 11.8 Å². The fourth-order valence-corrected chi connectivity index (χ4v) is 1.40. The third-order valence-corrected chi connectivity index (χ3v) is 2.33. The molecule has 1 heterocycles. The second kappa shape index (κ2) is 4.42. The molecule has 0 radical (unpaired) electrons. The lowest BCUT2D eigenvalue weighted by atomic mass is 9.99. The van der Waals surface area contributed by atoms with Gasteiger partial charge in [-0.3, -0.25) is 9.69 Å². The van der Waals surface area contributed by atoms with Gasteiger partial charge in [0.1, 0.15) is 0 Å². The van der Waals surface area contributed by atoms with Crippen molar-refractivity contribution >= 4 is 5.91 Å². The number of nitrogens with zero attached hydrogens (tertiary/aromatic N) is 1. The molecular weight excluding hydrogens is 164 g/mol. The largest absolute Gasteiger partial charge is 0.359 e. The van der Waals surface area contributed by atoms with Gasteiger partial charge < -0.3 is 5.32 Å². The Morgan fingerprint density at radius 3 is 2.62 bits per heavy atom. The van der Waals surface area contributed by atoms with Crippen LogP contribution >= 0.6 is 0 Å². The Bertz CT molecular complexity index is 213. The summed E-state index contributed by atoms with van der Waals surface area (Å²) in [6, 6.07) is 0. The van der Waals surface area contributed by atoms with Gasteiger partial charge >= 0.3 is 0 Å². The Balaban J connectivity index is 2.19. The van der Waals surface area contributed by atoms with E-state index in [1.807, 2.05) is 0 Å². The summed E-state index contributed by atoms with van der Waals surface area (Å²) >= 11 is 0. The van der Waals surface area contributed by atoms with Crippen molar-refractivity contribution in [2.24, 2.45) is 5.92 Å². The molecule has 0 spiro atoms. The zero-order valence-electron chi connectivity index (χ0n) is 8.63. The number of hydrogen-bond acceptors (Lipinski definition) is 2. The molecule has 1 rings (SSSR count). The fourth-order valence-electron chi connectivity index (χ4n) is 1.40. The molecule has 1 aliphatic heterocycles. The first-order valence-electron chi connectivity index (χ1n) is 4.70. The van der Waals surface area contributed by atoms with Crippen molar-refractivity contribution in [2.45, 2.75) is 13.8 Å². The van der Waals surface area contributed by atoms with E-state index in [4.69, 9.17) is 0 Å². The van der Waals surface area contributed by atoms with Crippen molar-refractivity contribution in [1.29, 1.82) is 0 Å². The molecule has 1 fully saturated rings.